The molecule has 1 aliphatic rings. The Bertz CT molecular complexity index is 1140. The molecule has 1 aromatic heterocycles. The zero-order chi connectivity index (χ0) is 22.7. The summed E-state index contributed by atoms with van der Waals surface area (Å²) in [5.41, 5.74) is 2.27. The molecule has 7 heteroatoms. The molecule has 7 nitrogen and oxygen atoms in total. The number of likely N-dealkylation sites (tertiary alicyclic amines) is 1. The fourth-order valence-corrected chi connectivity index (χ4v) is 4.02. The number of amides is 2. The highest BCUT2D eigenvalue weighted by molar-refractivity contribution is 6.06. The molecular weight excluding hydrogens is 406 g/mol. The van der Waals surface area contributed by atoms with Gasteiger partial charge >= 0.3 is 0 Å². The van der Waals surface area contributed by atoms with Gasteiger partial charge in [-0.2, -0.15) is 0 Å². The number of carbonyl (C=O) groups is 2. The number of carbonyl (C=O) groups excluding carboxylic acids is 2. The van der Waals surface area contributed by atoms with Crippen LogP contribution in [0.25, 0.3) is 10.9 Å². The van der Waals surface area contributed by atoms with Crippen LogP contribution in [0, 0.1) is 0 Å². The summed E-state index contributed by atoms with van der Waals surface area (Å²) in [7, 11) is 5.06. The molecule has 0 saturated carbocycles. The minimum atomic E-state index is -0.0798. The molecule has 0 N–H and O–H groups in total. The number of hydrogen-bond donors (Lipinski definition) is 0. The lowest BCUT2D eigenvalue weighted by molar-refractivity contribution is -0.132. The molecule has 2 amide bonds. The predicted molar refractivity (Wildman–Crippen MR) is 122 cm³/mol. The summed E-state index contributed by atoms with van der Waals surface area (Å²) < 4.78 is 11.0. The number of aromatic nitrogens is 1. The van der Waals surface area contributed by atoms with E-state index < -0.39 is 0 Å². The second kappa shape index (κ2) is 9.26. The van der Waals surface area contributed by atoms with Crippen molar-refractivity contribution in [1.29, 1.82) is 0 Å². The van der Waals surface area contributed by atoms with E-state index in [2.05, 4.69) is 0 Å². The highest BCUT2D eigenvalue weighted by Gasteiger charge is 2.29. The van der Waals surface area contributed by atoms with Crippen molar-refractivity contribution in [3.8, 4) is 11.5 Å². The average molecular weight is 434 g/mol. The van der Waals surface area contributed by atoms with Crippen LogP contribution in [-0.4, -0.2) is 67.5 Å². The van der Waals surface area contributed by atoms with Crippen molar-refractivity contribution in [3.63, 3.8) is 0 Å². The fraction of sp³-hybridized carbons (Fsp3) is 0.320. The van der Waals surface area contributed by atoms with Gasteiger partial charge in [0, 0.05) is 44.2 Å². The molecule has 0 radical (unpaired) electrons. The van der Waals surface area contributed by atoms with E-state index >= 15 is 0 Å². The highest BCUT2D eigenvalue weighted by Crippen LogP contribution is 2.30. The summed E-state index contributed by atoms with van der Waals surface area (Å²) in [5, 5.41) is 0.839. The van der Waals surface area contributed by atoms with Crippen molar-refractivity contribution in [2.45, 2.75) is 12.3 Å². The summed E-state index contributed by atoms with van der Waals surface area (Å²) >= 11 is 0. The first-order chi connectivity index (χ1) is 15.5. The normalized spacial score (nSPS) is 15.6. The van der Waals surface area contributed by atoms with Gasteiger partial charge in [0.15, 0.2) is 18.1 Å². The Balaban J connectivity index is 1.49. The van der Waals surface area contributed by atoms with E-state index in [0.29, 0.717) is 30.2 Å². The van der Waals surface area contributed by atoms with Crippen LogP contribution in [0.15, 0.2) is 54.6 Å². The van der Waals surface area contributed by atoms with Crippen molar-refractivity contribution in [2.24, 2.45) is 0 Å². The van der Waals surface area contributed by atoms with Gasteiger partial charge in [0.05, 0.1) is 18.2 Å². The third-order valence-electron chi connectivity index (χ3n) is 5.75. The molecule has 0 bridgehead atoms. The predicted octanol–water partition coefficient (Wildman–Crippen LogP) is 3.34. The number of rotatable bonds is 6. The second-order valence-electron chi connectivity index (χ2n) is 8.08. The van der Waals surface area contributed by atoms with Crippen molar-refractivity contribution in [2.75, 3.05) is 40.9 Å². The molecule has 2 heterocycles. The number of fused-ring (bicyclic) bond motifs is 1. The van der Waals surface area contributed by atoms with Gasteiger partial charge in [-0.3, -0.25) is 14.6 Å². The molecule has 0 aliphatic carbocycles. The lowest BCUT2D eigenvalue weighted by Gasteiger charge is -2.18. The first kappa shape index (κ1) is 21.6. The first-order valence-electron chi connectivity index (χ1n) is 10.6. The molecule has 1 atom stereocenters. The molecule has 1 aliphatic heterocycles. The minimum Gasteiger partial charge on any atom is -0.493 e. The van der Waals surface area contributed by atoms with Crippen LogP contribution in [0.3, 0.4) is 0 Å². The quantitative estimate of drug-likeness (QED) is 0.596. The highest BCUT2D eigenvalue weighted by atomic mass is 16.5. The summed E-state index contributed by atoms with van der Waals surface area (Å²) in [6.07, 6.45) is 0.793. The molecule has 3 aromatic rings. The van der Waals surface area contributed by atoms with E-state index in [1.165, 1.54) is 0 Å². The second-order valence-corrected chi connectivity index (χ2v) is 8.08. The zero-order valence-corrected chi connectivity index (χ0v) is 18.6. The zero-order valence-electron chi connectivity index (χ0n) is 18.6. The van der Waals surface area contributed by atoms with Crippen LogP contribution in [-0.2, 0) is 4.79 Å². The number of para-hydroxylation sites is 3. The Kier molecular flexibility index (Phi) is 6.25. The van der Waals surface area contributed by atoms with Crippen LogP contribution >= 0.6 is 0 Å². The third-order valence-corrected chi connectivity index (χ3v) is 5.75. The lowest BCUT2D eigenvalue weighted by atomic mass is 9.99. The maximum Gasteiger partial charge on any atom is 0.260 e. The summed E-state index contributed by atoms with van der Waals surface area (Å²) in [5.74, 6) is 1.08. The Morgan fingerprint density at radius 1 is 1.09 bits per heavy atom. The minimum absolute atomic E-state index is 0.0530. The third kappa shape index (κ3) is 4.37. The van der Waals surface area contributed by atoms with Crippen molar-refractivity contribution >= 4 is 22.7 Å². The standard InChI is InChI=1S/C25H27N3O4/c1-27(2)25(30)19-14-21(26-20-9-5-4-8-18(19)20)17-12-13-28(15-17)24(29)16-32-23-11-7-6-10-22(23)31-3/h4-11,14,17H,12-13,15-16H2,1-3H3. The largest absolute Gasteiger partial charge is 0.493 e. The number of hydrogen-bond acceptors (Lipinski definition) is 5. The number of pyridine rings is 1. The van der Waals surface area contributed by atoms with Crippen molar-refractivity contribution < 1.29 is 19.1 Å². The van der Waals surface area contributed by atoms with E-state index in [9.17, 15) is 9.59 Å². The van der Waals surface area contributed by atoms with Gasteiger partial charge < -0.3 is 19.3 Å². The van der Waals surface area contributed by atoms with Gasteiger partial charge in [-0.05, 0) is 30.7 Å². The molecule has 1 fully saturated rings. The van der Waals surface area contributed by atoms with Gasteiger partial charge in [-0.25, -0.2) is 0 Å². The van der Waals surface area contributed by atoms with Crippen LogP contribution < -0.4 is 9.47 Å². The number of ether oxygens (including phenoxy) is 2. The van der Waals surface area contributed by atoms with Gasteiger partial charge in [0.25, 0.3) is 11.8 Å². The van der Waals surface area contributed by atoms with Crippen LogP contribution in [0.2, 0.25) is 0 Å². The molecule has 166 valence electrons. The molecule has 1 saturated heterocycles. The van der Waals surface area contributed by atoms with E-state index in [0.717, 1.165) is 23.0 Å². The molecule has 2 aromatic carbocycles. The monoisotopic (exact) mass is 433 g/mol. The Morgan fingerprint density at radius 2 is 1.81 bits per heavy atom. The average Bonchev–Trinajstić information content (AvgIpc) is 3.32. The number of benzene rings is 2. The van der Waals surface area contributed by atoms with Gasteiger partial charge in [0.2, 0.25) is 0 Å². The van der Waals surface area contributed by atoms with Gasteiger partial charge in [0.1, 0.15) is 0 Å². The van der Waals surface area contributed by atoms with Crippen LogP contribution in [0.4, 0.5) is 0 Å². The first-order valence-corrected chi connectivity index (χ1v) is 10.6. The Morgan fingerprint density at radius 3 is 2.56 bits per heavy atom. The maximum absolute atomic E-state index is 12.8. The van der Waals surface area contributed by atoms with Gasteiger partial charge in [-0.1, -0.05) is 30.3 Å². The summed E-state index contributed by atoms with van der Waals surface area (Å²) in [4.78, 5) is 33.7. The van der Waals surface area contributed by atoms with Gasteiger partial charge in [-0.15, -0.1) is 0 Å². The van der Waals surface area contributed by atoms with E-state index in [4.69, 9.17) is 14.5 Å². The van der Waals surface area contributed by atoms with E-state index in [-0.39, 0.29) is 24.3 Å². The fourth-order valence-electron chi connectivity index (χ4n) is 4.02. The van der Waals surface area contributed by atoms with E-state index in [1.807, 2.05) is 42.5 Å². The SMILES string of the molecule is COc1ccccc1OCC(=O)N1CCC(c2cc(C(=O)N(C)C)c3ccccc3n2)C1. The lowest BCUT2D eigenvalue weighted by Crippen LogP contribution is -2.33. The molecule has 0 spiro atoms. The number of nitrogens with zero attached hydrogens (tertiary/aromatic N) is 3. The maximum atomic E-state index is 12.8. The van der Waals surface area contributed by atoms with E-state index in [1.54, 1.807) is 43.1 Å². The summed E-state index contributed by atoms with van der Waals surface area (Å²) in [6, 6.07) is 16.8. The smallest absolute Gasteiger partial charge is 0.260 e. The van der Waals surface area contributed by atoms with Crippen LogP contribution in [0.1, 0.15) is 28.4 Å². The topological polar surface area (TPSA) is 72.0 Å². The molecule has 4 rings (SSSR count). The molecular formula is C25H27N3O4. The van der Waals surface area contributed by atoms with Crippen LogP contribution in [0.5, 0.6) is 11.5 Å². The Labute approximate surface area is 187 Å². The molecule has 32 heavy (non-hydrogen) atoms. The van der Waals surface area contributed by atoms with Crippen molar-refractivity contribution in [1.82, 2.24) is 14.8 Å². The summed E-state index contributed by atoms with van der Waals surface area (Å²) in [6.45, 7) is 1.13. The molecule has 1 unspecified atom stereocenters. The Hall–Kier alpha value is -3.61. The van der Waals surface area contributed by atoms with Crippen molar-refractivity contribution in [3.05, 3.63) is 65.9 Å². The number of methoxy groups -OCH3 is 1.